The third kappa shape index (κ3) is 4.42. The van der Waals surface area contributed by atoms with Crippen LogP contribution in [0.3, 0.4) is 0 Å². The van der Waals surface area contributed by atoms with Crippen molar-refractivity contribution in [1.29, 1.82) is 0 Å². The molecule has 0 radical (unpaired) electrons. The second-order valence-electron chi connectivity index (χ2n) is 5.20. The lowest BCUT2D eigenvalue weighted by Gasteiger charge is -2.12. The number of ketones is 1. The van der Waals surface area contributed by atoms with E-state index in [1.807, 2.05) is 0 Å². The fraction of sp³-hybridized carbons (Fsp3) is 0.643. The van der Waals surface area contributed by atoms with Crippen LogP contribution in [0, 0.1) is 5.92 Å². The highest BCUT2D eigenvalue weighted by molar-refractivity contribution is 7.14. The monoisotopic (exact) mass is 280 g/mol. The molecule has 0 bridgehead atoms. The molecular formula is C14H20N2O2S. The summed E-state index contributed by atoms with van der Waals surface area (Å²) in [5.41, 5.74) is 0.426. The molecule has 0 unspecified atom stereocenters. The van der Waals surface area contributed by atoms with E-state index in [0.717, 1.165) is 12.8 Å². The Hall–Kier alpha value is -1.23. The van der Waals surface area contributed by atoms with Gasteiger partial charge in [-0.1, -0.05) is 25.7 Å². The quantitative estimate of drug-likeness (QED) is 0.676. The van der Waals surface area contributed by atoms with E-state index in [1.54, 1.807) is 5.38 Å². The third-order valence-electron chi connectivity index (χ3n) is 3.56. The topological polar surface area (TPSA) is 59.1 Å². The van der Waals surface area contributed by atoms with Gasteiger partial charge < -0.3 is 5.32 Å². The summed E-state index contributed by atoms with van der Waals surface area (Å²) in [6.07, 6.45) is 7.97. The Bertz CT molecular complexity index is 448. The number of carbonyl (C=O) groups excluding carboxylic acids is 2. The number of hydrogen-bond donors (Lipinski definition) is 1. The first-order valence-corrected chi connectivity index (χ1v) is 7.79. The number of hydrogen-bond acceptors (Lipinski definition) is 4. The summed E-state index contributed by atoms with van der Waals surface area (Å²) in [5, 5.41) is 5.02. The highest BCUT2D eigenvalue weighted by Crippen LogP contribution is 2.26. The van der Waals surface area contributed by atoms with Crippen molar-refractivity contribution in [2.24, 2.45) is 5.92 Å². The number of nitrogens with one attached hydrogen (secondary N) is 1. The zero-order chi connectivity index (χ0) is 13.7. The fourth-order valence-corrected chi connectivity index (χ4v) is 3.26. The molecule has 1 N–H and O–H groups in total. The lowest BCUT2D eigenvalue weighted by atomic mass is 9.96. The van der Waals surface area contributed by atoms with Gasteiger partial charge in [-0.15, -0.1) is 11.3 Å². The van der Waals surface area contributed by atoms with Gasteiger partial charge in [0.25, 0.3) is 0 Å². The average molecular weight is 280 g/mol. The van der Waals surface area contributed by atoms with Crippen LogP contribution in [0.25, 0.3) is 0 Å². The van der Waals surface area contributed by atoms with Crippen molar-refractivity contribution in [2.75, 3.05) is 5.32 Å². The van der Waals surface area contributed by atoms with Crippen LogP contribution in [0.2, 0.25) is 0 Å². The predicted octanol–water partition coefficient (Wildman–Crippen LogP) is 3.64. The summed E-state index contributed by atoms with van der Waals surface area (Å²) in [5.74, 6) is 0.464. The largest absolute Gasteiger partial charge is 0.302 e. The molecule has 0 aromatic carbocycles. The first-order chi connectivity index (χ1) is 9.15. The Labute approximate surface area is 117 Å². The Morgan fingerprint density at radius 2 is 2.00 bits per heavy atom. The van der Waals surface area contributed by atoms with Crippen molar-refractivity contribution in [2.45, 2.75) is 51.9 Å². The molecule has 1 aliphatic rings. The SMILES string of the molecule is CC(=O)c1csc(NC(=O)CC2CCCCCC2)n1. The van der Waals surface area contributed by atoms with E-state index in [9.17, 15) is 9.59 Å². The number of anilines is 1. The number of aromatic nitrogens is 1. The average Bonchev–Trinajstić information content (AvgIpc) is 2.67. The number of Topliss-reactive ketones (excluding diaryl/α,β-unsaturated/α-hetero) is 1. The smallest absolute Gasteiger partial charge is 0.226 e. The molecule has 4 nitrogen and oxygen atoms in total. The van der Waals surface area contributed by atoms with Gasteiger partial charge in [0.05, 0.1) is 0 Å². The van der Waals surface area contributed by atoms with Gasteiger partial charge in [-0.3, -0.25) is 9.59 Å². The van der Waals surface area contributed by atoms with Crippen LogP contribution in [0.4, 0.5) is 5.13 Å². The van der Waals surface area contributed by atoms with Gasteiger partial charge >= 0.3 is 0 Å². The molecule has 1 aliphatic carbocycles. The van der Waals surface area contributed by atoms with Crippen molar-refractivity contribution in [1.82, 2.24) is 4.98 Å². The molecule has 1 heterocycles. The van der Waals surface area contributed by atoms with E-state index in [4.69, 9.17) is 0 Å². The first-order valence-electron chi connectivity index (χ1n) is 6.91. The summed E-state index contributed by atoms with van der Waals surface area (Å²) >= 11 is 1.31. The minimum Gasteiger partial charge on any atom is -0.302 e. The zero-order valence-corrected chi connectivity index (χ0v) is 12.1. The molecule has 5 heteroatoms. The van der Waals surface area contributed by atoms with Crippen molar-refractivity contribution < 1.29 is 9.59 Å². The summed E-state index contributed by atoms with van der Waals surface area (Å²) in [4.78, 5) is 27.2. The van der Waals surface area contributed by atoms with Gasteiger partial charge in [0.2, 0.25) is 5.91 Å². The maximum absolute atomic E-state index is 11.9. The van der Waals surface area contributed by atoms with Gasteiger partial charge in [0.1, 0.15) is 5.69 Å². The molecule has 1 amide bonds. The van der Waals surface area contributed by atoms with Crippen molar-refractivity contribution in [3.63, 3.8) is 0 Å². The molecule has 19 heavy (non-hydrogen) atoms. The van der Waals surface area contributed by atoms with Crippen molar-refractivity contribution in [3.8, 4) is 0 Å². The highest BCUT2D eigenvalue weighted by Gasteiger charge is 2.17. The summed E-state index contributed by atoms with van der Waals surface area (Å²) in [6.45, 7) is 1.48. The van der Waals surface area contributed by atoms with Gasteiger partial charge in [-0.2, -0.15) is 0 Å². The molecule has 1 saturated carbocycles. The molecule has 2 rings (SSSR count). The van der Waals surface area contributed by atoms with E-state index in [-0.39, 0.29) is 11.7 Å². The standard InChI is InChI=1S/C14H20N2O2S/c1-10(17)12-9-19-14(15-12)16-13(18)8-11-6-4-2-3-5-7-11/h9,11H,2-8H2,1H3,(H,15,16,18). The maximum atomic E-state index is 11.9. The minimum atomic E-state index is -0.0690. The van der Waals surface area contributed by atoms with Crippen molar-refractivity contribution in [3.05, 3.63) is 11.1 Å². The van der Waals surface area contributed by atoms with Crippen LogP contribution >= 0.6 is 11.3 Å². The number of rotatable bonds is 4. The normalized spacial score (nSPS) is 16.9. The van der Waals surface area contributed by atoms with Crippen LogP contribution in [0.5, 0.6) is 0 Å². The molecule has 104 valence electrons. The van der Waals surface area contributed by atoms with Gasteiger partial charge in [0.15, 0.2) is 10.9 Å². The number of nitrogens with zero attached hydrogens (tertiary/aromatic N) is 1. The molecule has 1 fully saturated rings. The van der Waals surface area contributed by atoms with Crippen LogP contribution in [0.15, 0.2) is 5.38 Å². The van der Waals surface area contributed by atoms with Crippen LogP contribution < -0.4 is 5.32 Å². The van der Waals surface area contributed by atoms with Crippen LogP contribution in [0.1, 0.15) is 62.4 Å². The summed E-state index contributed by atoms with van der Waals surface area (Å²) in [6, 6.07) is 0. The minimum absolute atomic E-state index is 0.0244. The second kappa shape index (κ2) is 6.80. The molecule has 1 aromatic rings. The molecule has 1 aromatic heterocycles. The number of amides is 1. The van der Waals surface area contributed by atoms with Crippen LogP contribution in [-0.2, 0) is 4.79 Å². The highest BCUT2D eigenvalue weighted by atomic mass is 32.1. The third-order valence-corrected chi connectivity index (χ3v) is 4.32. The van der Waals surface area contributed by atoms with Gasteiger partial charge in [-0.05, 0) is 18.8 Å². The number of thiazole rings is 1. The molecule has 0 atom stereocenters. The van der Waals surface area contributed by atoms with E-state index in [0.29, 0.717) is 23.2 Å². The lowest BCUT2D eigenvalue weighted by Crippen LogP contribution is -2.16. The molecule has 0 spiro atoms. The Morgan fingerprint density at radius 3 is 2.58 bits per heavy atom. The zero-order valence-electron chi connectivity index (χ0n) is 11.3. The van der Waals surface area contributed by atoms with Crippen molar-refractivity contribution >= 4 is 28.2 Å². The van der Waals surface area contributed by atoms with E-state index < -0.39 is 0 Å². The molecule has 0 saturated heterocycles. The van der Waals surface area contributed by atoms with E-state index in [2.05, 4.69) is 10.3 Å². The Balaban J connectivity index is 1.84. The Kier molecular flexibility index (Phi) is 5.07. The summed E-state index contributed by atoms with van der Waals surface area (Å²) < 4.78 is 0. The first kappa shape index (κ1) is 14.2. The van der Waals surface area contributed by atoms with Gasteiger partial charge in [0, 0.05) is 18.7 Å². The van der Waals surface area contributed by atoms with E-state index in [1.165, 1.54) is 43.9 Å². The van der Waals surface area contributed by atoms with Crippen LogP contribution in [-0.4, -0.2) is 16.7 Å². The molecular weight excluding hydrogens is 260 g/mol. The molecule has 0 aliphatic heterocycles. The maximum Gasteiger partial charge on any atom is 0.226 e. The van der Waals surface area contributed by atoms with E-state index >= 15 is 0 Å². The second-order valence-corrected chi connectivity index (χ2v) is 6.06. The lowest BCUT2D eigenvalue weighted by molar-refractivity contribution is -0.117. The Morgan fingerprint density at radius 1 is 1.32 bits per heavy atom. The fourth-order valence-electron chi connectivity index (χ4n) is 2.49. The number of carbonyl (C=O) groups is 2. The summed E-state index contributed by atoms with van der Waals surface area (Å²) in [7, 11) is 0. The van der Waals surface area contributed by atoms with Gasteiger partial charge in [-0.25, -0.2) is 4.98 Å². The predicted molar refractivity (Wildman–Crippen MR) is 76.6 cm³/mol.